The number of amides is 1. The summed E-state index contributed by atoms with van der Waals surface area (Å²) in [5, 5.41) is 3.48. The van der Waals surface area contributed by atoms with Gasteiger partial charge in [-0.05, 0) is 29.8 Å². The minimum Gasteiger partial charge on any atom is -0.486 e. The van der Waals surface area contributed by atoms with E-state index >= 15 is 0 Å². The van der Waals surface area contributed by atoms with E-state index in [0.29, 0.717) is 35.6 Å². The Morgan fingerprint density at radius 1 is 1.20 bits per heavy atom. The van der Waals surface area contributed by atoms with Crippen LogP contribution in [0.3, 0.4) is 0 Å². The fraction of sp³-hybridized carbons (Fsp3) is 0.348. The van der Waals surface area contributed by atoms with Crippen LogP contribution in [-0.2, 0) is 16.8 Å². The van der Waals surface area contributed by atoms with Crippen LogP contribution in [0.4, 0.5) is 4.39 Å². The normalized spacial score (nSPS) is 13.5. The number of fused-ring (bicyclic) bond motifs is 2. The molecule has 1 aromatic heterocycles. The molecule has 0 saturated carbocycles. The zero-order valence-electron chi connectivity index (χ0n) is 17.2. The van der Waals surface area contributed by atoms with Crippen molar-refractivity contribution in [3.05, 3.63) is 58.2 Å². The topological polar surface area (TPSA) is 56.8 Å². The van der Waals surface area contributed by atoms with Gasteiger partial charge in [0.1, 0.15) is 19.0 Å². The lowest BCUT2D eigenvalue weighted by molar-refractivity contribution is 0.0945. The molecule has 0 atom stereocenters. The van der Waals surface area contributed by atoms with Crippen LogP contribution in [0.5, 0.6) is 11.5 Å². The van der Waals surface area contributed by atoms with Gasteiger partial charge in [0.05, 0.1) is 11.5 Å². The summed E-state index contributed by atoms with van der Waals surface area (Å²) in [6.07, 6.45) is 0. The molecule has 0 saturated heterocycles. The maximum absolute atomic E-state index is 14.4. The van der Waals surface area contributed by atoms with Crippen molar-refractivity contribution in [2.45, 2.75) is 25.9 Å². The smallest absolute Gasteiger partial charge is 0.261 e. The van der Waals surface area contributed by atoms with Gasteiger partial charge in [-0.15, -0.1) is 11.3 Å². The Labute approximate surface area is 178 Å². The third-order valence-electron chi connectivity index (χ3n) is 5.27. The lowest BCUT2D eigenvalue weighted by atomic mass is 9.84. The van der Waals surface area contributed by atoms with E-state index in [9.17, 15) is 9.18 Å². The standard InChI is InChI=1S/C23H24FNO4S/c1-23(2,14-7-8-17-18(11-14)29-10-9-28-17)13-25-22(26)21-15(12-27-3)20-16(24)5-4-6-19(20)30-21/h4-8,11H,9-10,12-13H2,1-3H3,(H,25,26). The molecule has 1 N–H and O–H groups in total. The molecule has 0 fully saturated rings. The van der Waals surface area contributed by atoms with E-state index in [2.05, 4.69) is 19.2 Å². The first-order valence-electron chi connectivity index (χ1n) is 9.78. The van der Waals surface area contributed by atoms with Crippen LogP contribution in [0.1, 0.15) is 34.6 Å². The lowest BCUT2D eigenvalue weighted by Crippen LogP contribution is -2.36. The van der Waals surface area contributed by atoms with Gasteiger partial charge >= 0.3 is 0 Å². The molecule has 1 amide bonds. The fourth-order valence-electron chi connectivity index (χ4n) is 3.58. The molecule has 7 heteroatoms. The molecule has 2 aromatic carbocycles. The summed E-state index contributed by atoms with van der Waals surface area (Å²) in [6.45, 7) is 5.77. The monoisotopic (exact) mass is 429 g/mol. The number of halogens is 1. The zero-order chi connectivity index (χ0) is 21.3. The first-order valence-corrected chi connectivity index (χ1v) is 10.6. The fourth-order valence-corrected chi connectivity index (χ4v) is 4.72. The highest BCUT2D eigenvalue weighted by Crippen LogP contribution is 2.36. The highest BCUT2D eigenvalue weighted by atomic mass is 32.1. The van der Waals surface area contributed by atoms with Crippen molar-refractivity contribution >= 4 is 27.3 Å². The molecular formula is C23H24FNO4S. The lowest BCUT2D eigenvalue weighted by Gasteiger charge is -2.27. The van der Waals surface area contributed by atoms with Crippen LogP contribution in [-0.4, -0.2) is 32.8 Å². The second-order valence-corrected chi connectivity index (χ2v) is 8.93. The van der Waals surface area contributed by atoms with Gasteiger partial charge in [-0.3, -0.25) is 4.79 Å². The molecule has 4 rings (SSSR count). The summed E-state index contributed by atoms with van der Waals surface area (Å²) in [4.78, 5) is 13.5. The minimum atomic E-state index is -0.341. The van der Waals surface area contributed by atoms with Crippen LogP contribution in [0.15, 0.2) is 36.4 Å². The minimum absolute atomic E-state index is 0.176. The van der Waals surface area contributed by atoms with Crippen LogP contribution in [0.25, 0.3) is 10.1 Å². The van der Waals surface area contributed by atoms with E-state index in [1.165, 1.54) is 24.5 Å². The molecular weight excluding hydrogens is 405 g/mol. The van der Waals surface area contributed by atoms with Crippen molar-refractivity contribution in [3.8, 4) is 11.5 Å². The van der Waals surface area contributed by atoms with Crippen LogP contribution >= 0.6 is 11.3 Å². The molecule has 158 valence electrons. The second-order valence-electron chi connectivity index (χ2n) is 7.88. The molecule has 2 heterocycles. The molecule has 0 unspecified atom stereocenters. The Bertz CT molecular complexity index is 1090. The first kappa shape index (κ1) is 20.6. The molecule has 1 aliphatic rings. The summed E-state index contributed by atoms with van der Waals surface area (Å²) < 4.78 is 31.6. The van der Waals surface area contributed by atoms with E-state index in [4.69, 9.17) is 14.2 Å². The van der Waals surface area contributed by atoms with Gasteiger partial charge in [-0.2, -0.15) is 0 Å². The molecule has 0 bridgehead atoms. The number of methoxy groups -OCH3 is 1. The predicted octanol–water partition coefficient (Wildman–Crippen LogP) is 4.67. The Balaban J connectivity index is 1.56. The third kappa shape index (κ3) is 3.87. The Morgan fingerprint density at radius 3 is 2.73 bits per heavy atom. The highest BCUT2D eigenvalue weighted by Gasteiger charge is 2.26. The summed E-state index contributed by atoms with van der Waals surface area (Å²) in [5.41, 5.74) is 1.28. The summed E-state index contributed by atoms with van der Waals surface area (Å²) in [6, 6.07) is 10.7. The number of hydrogen-bond donors (Lipinski definition) is 1. The average Bonchev–Trinajstić information content (AvgIpc) is 3.12. The van der Waals surface area contributed by atoms with E-state index in [-0.39, 0.29) is 23.7 Å². The highest BCUT2D eigenvalue weighted by molar-refractivity contribution is 7.21. The molecule has 5 nitrogen and oxygen atoms in total. The van der Waals surface area contributed by atoms with Crippen LogP contribution < -0.4 is 14.8 Å². The van der Waals surface area contributed by atoms with Crippen LogP contribution in [0, 0.1) is 5.82 Å². The molecule has 3 aromatic rings. The number of carbonyl (C=O) groups excluding carboxylic acids is 1. The number of ether oxygens (including phenoxy) is 3. The second kappa shape index (κ2) is 8.24. The van der Waals surface area contributed by atoms with Crippen molar-refractivity contribution in [1.82, 2.24) is 5.32 Å². The van der Waals surface area contributed by atoms with Crippen molar-refractivity contribution < 1.29 is 23.4 Å². The van der Waals surface area contributed by atoms with Crippen molar-refractivity contribution in [2.75, 3.05) is 26.9 Å². The van der Waals surface area contributed by atoms with Gasteiger partial charge in [-0.25, -0.2) is 4.39 Å². The predicted molar refractivity (Wildman–Crippen MR) is 115 cm³/mol. The van der Waals surface area contributed by atoms with E-state index in [1.807, 2.05) is 24.3 Å². The molecule has 0 radical (unpaired) electrons. The summed E-state index contributed by atoms with van der Waals surface area (Å²) in [7, 11) is 1.54. The molecule has 1 aliphatic heterocycles. The van der Waals surface area contributed by atoms with Gasteiger partial charge < -0.3 is 19.5 Å². The van der Waals surface area contributed by atoms with Gasteiger partial charge in [0.15, 0.2) is 11.5 Å². The van der Waals surface area contributed by atoms with Crippen molar-refractivity contribution in [1.29, 1.82) is 0 Å². The summed E-state index contributed by atoms with van der Waals surface area (Å²) >= 11 is 1.28. The maximum atomic E-state index is 14.4. The number of benzene rings is 2. The van der Waals surface area contributed by atoms with Gasteiger partial charge in [0.2, 0.25) is 0 Å². The number of thiophene rings is 1. The third-order valence-corrected chi connectivity index (χ3v) is 6.47. The summed E-state index contributed by atoms with van der Waals surface area (Å²) in [5.74, 6) is 0.890. The maximum Gasteiger partial charge on any atom is 0.261 e. The number of carbonyl (C=O) groups is 1. The SMILES string of the molecule is COCc1c(C(=O)NCC(C)(C)c2ccc3c(c2)OCCO3)sc2cccc(F)c12. The largest absolute Gasteiger partial charge is 0.486 e. The van der Waals surface area contributed by atoms with E-state index in [1.54, 1.807) is 6.07 Å². The Hall–Kier alpha value is -2.64. The number of hydrogen-bond acceptors (Lipinski definition) is 5. The Kier molecular flexibility index (Phi) is 5.66. The van der Waals surface area contributed by atoms with Gasteiger partial charge in [0, 0.05) is 34.7 Å². The first-order chi connectivity index (χ1) is 14.4. The van der Waals surface area contributed by atoms with Gasteiger partial charge in [0.25, 0.3) is 5.91 Å². The zero-order valence-corrected chi connectivity index (χ0v) is 18.0. The quantitative estimate of drug-likeness (QED) is 0.619. The molecule has 30 heavy (non-hydrogen) atoms. The Morgan fingerprint density at radius 2 is 1.97 bits per heavy atom. The van der Waals surface area contributed by atoms with E-state index < -0.39 is 0 Å². The molecule has 0 spiro atoms. The number of nitrogens with one attached hydrogen (secondary N) is 1. The number of rotatable bonds is 6. The van der Waals surface area contributed by atoms with Gasteiger partial charge in [-0.1, -0.05) is 26.0 Å². The molecule has 0 aliphatic carbocycles. The van der Waals surface area contributed by atoms with Crippen molar-refractivity contribution in [2.24, 2.45) is 0 Å². The average molecular weight is 430 g/mol. The van der Waals surface area contributed by atoms with Crippen LogP contribution in [0.2, 0.25) is 0 Å². The van der Waals surface area contributed by atoms with Crippen molar-refractivity contribution in [3.63, 3.8) is 0 Å². The van der Waals surface area contributed by atoms with E-state index in [0.717, 1.165) is 21.8 Å².